The summed E-state index contributed by atoms with van der Waals surface area (Å²) in [6, 6.07) is 14.8. The zero-order valence-corrected chi connectivity index (χ0v) is 11.9. The molecule has 0 bridgehead atoms. The highest BCUT2D eigenvalue weighted by atomic mass is 15.1. The molecule has 2 N–H and O–H groups in total. The van der Waals surface area contributed by atoms with Crippen molar-refractivity contribution in [3.05, 3.63) is 53.6 Å². The first kappa shape index (κ1) is 12.9. The van der Waals surface area contributed by atoms with Gasteiger partial charge in [0, 0.05) is 18.7 Å². The Morgan fingerprint density at radius 2 is 1.85 bits per heavy atom. The van der Waals surface area contributed by atoms with Gasteiger partial charge in [-0.2, -0.15) is 0 Å². The van der Waals surface area contributed by atoms with Crippen molar-refractivity contribution in [2.24, 2.45) is 5.73 Å². The summed E-state index contributed by atoms with van der Waals surface area (Å²) in [7, 11) is 0. The molecule has 3 rings (SSSR count). The van der Waals surface area contributed by atoms with Crippen LogP contribution in [0.2, 0.25) is 0 Å². The Hall–Kier alpha value is -2.13. The molecule has 0 spiro atoms. The third-order valence-corrected chi connectivity index (χ3v) is 3.67. The van der Waals surface area contributed by atoms with Gasteiger partial charge in [-0.1, -0.05) is 35.9 Å². The Bertz CT molecular complexity index is 739. The highest BCUT2D eigenvalue weighted by Crippen LogP contribution is 2.25. The molecule has 3 nitrogen and oxygen atoms in total. The van der Waals surface area contributed by atoms with Crippen LogP contribution in [0.15, 0.2) is 42.5 Å². The van der Waals surface area contributed by atoms with Crippen molar-refractivity contribution < 1.29 is 0 Å². The van der Waals surface area contributed by atoms with Crippen LogP contribution in [-0.4, -0.2) is 9.55 Å². The van der Waals surface area contributed by atoms with Gasteiger partial charge in [0.05, 0.1) is 11.0 Å². The van der Waals surface area contributed by atoms with Crippen LogP contribution in [-0.2, 0) is 13.1 Å². The van der Waals surface area contributed by atoms with E-state index < -0.39 is 0 Å². The van der Waals surface area contributed by atoms with Crippen LogP contribution in [0.1, 0.15) is 18.1 Å². The molecular weight excluding hydrogens is 246 g/mol. The third-order valence-electron chi connectivity index (χ3n) is 3.67. The molecular formula is C17H19N3. The summed E-state index contributed by atoms with van der Waals surface area (Å²) >= 11 is 0. The van der Waals surface area contributed by atoms with E-state index in [1.807, 2.05) is 0 Å². The van der Waals surface area contributed by atoms with E-state index in [4.69, 9.17) is 10.7 Å². The lowest BCUT2D eigenvalue weighted by Gasteiger charge is -2.06. The highest BCUT2D eigenvalue weighted by molar-refractivity contribution is 5.81. The van der Waals surface area contributed by atoms with Crippen LogP contribution in [0, 0.1) is 6.92 Å². The number of rotatable bonds is 3. The second kappa shape index (κ2) is 5.10. The number of nitrogens with two attached hydrogens (primary N) is 1. The lowest BCUT2D eigenvalue weighted by atomic mass is 10.1. The second-order valence-electron chi connectivity index (χ2n) is 5.07. The molecule has 3 aromatic rings. The van der Waals surface area contributed by atoms with E-state index in [0.717, 1.165) is 29.0 Å². The number of nitrogens with zero attached hydrogens (tertiary/aromatic N) is 2. The predicted molar refractivity (Wildman–Crippen MR) is 83.5 cm³/mol. The Labute approximate surface area is 119 Å². The third kappa shape index (κ3) is 2.10. The van der Waals surface area contributed by atoms with E-state index in [-0.39, 0.29) is 0 Å². The largest absolute Gasteiger partial charge is 0.326 e. The molecule has 0 aliphatic carbocycles. The summed E-state index contributed by atoms with van der Waals surface area (Å²) in [6.45, 7) is 5.70. The number of benzene rings is 2. The molecule has 0 aliphatic heterocycles. The molecule has 0 aliphatic rings. The maximum atomic E-state index is 5.71. The number of aryl methyl sites for hydroxylation is 2. The first-order valence-electron chi connectivity index (χ1n) is 6.99. The first-order chi connectivity index (χ1) is 9.72. The summed E-state index contributed by atoms with van der Waals surface area (Å²) < 4.78 is 2.25. The molecule has 102 valence electrons. The van der Waals surface area contributed by atoms with Gasteiger partial charge in [0.1, 0.15) is 5.82 Å². The minimum absolute atomic E-state index is 0.550. The van der Waals surface area contributed by atoms with Crippen molar-refractivity contribution in [1.82, 2.24) is 9.55 Å². The fourth-order valence-corrected chi connectivity index (χ4v) is 2.55. The molecule has 1 heterocycles. The molecule has 0 saturated heterocycles. The second-order valence-corrected chi connectivity index (χ2v) is 5.07. The van der Waals surface area contributed by atoms with Crippen LogP contribution >= 0.6 is 0 Å². The van der Waals surface area contributed by atoms with Gasteiger partial charge in [-0.25, -0.2) is 4.98 Å². The van der Waals surface area contributed by atoms with Gasteiger partial charge < -0.3 is 10.3 Å². The maximum absolute atomic E-state index is 5.71. The Kier molecular flexibility index (Phi) is 3.28. The van der Waals surface area contributed by atoms with E-state index in [1.54, 1.807) is 0 Å². The van der Waals surface area contributed by atoms with Gasteiger partial charge in [-0.15, -0.1) is 0 Å². The summed E-state index contributed by atoms with van der Waals surface area (Å²) in [5, 5.41) is 0. The quantitative estimate of drug-likeness (QED) is 0.787. The topological polar surface area (TPSA) is 43.8 Å². The monoisotopic (exact) mass is 265 g/mol. The molecule has 0 unspecified atom stereocenters. The van der Waals surface area contributed by atoms with E-state index in [1.165, 1.54) is 11.1 Å². The van der Waals surface area contributed by atoms with Crippen LogP contribution < -0.4 is 5.73 Å². The van der Waals surface area contributed by atoms with Gasteiger partial charge in [-0.3, -0.25) is 0 Å². The minimum atomic E-state index is 0.550. The SMILES string of the molecule is CCn1c(-c2ccc(C)cc2)nc2cc(CN)ccc21. The minimum Gasteiger partial charge on any atom is -0.326 e. The Balaban J connectivity index is 2.21. The molecule has 20 heavy (non-hydrogen) atoms. The first-order valence-corrected chi connectivity index (χ1v) is 6.99. The number of aromatic nitrogens is 2. The van der Waals surface area contributed by atoms with E-state index in [2.05, 4.69) is 60.9 Å². The Morgan fingerprint density at radius 3 is 2.50 bits per heavy atom. The average Bonchev–Trinajstić information content (AvgIpc) is 2.85. The van der Waals surface area contributed by atoms with Gasteiger partial charge in [0.2, 0.25) is 0 Å². The van der Waals surface area contributed by atoms with Crippen LogP contribution in [0.5, 0.6) is 0 Å². The van der Waals surface area contributed by atoms with Crippen molar-refractivity contribution >= 4 is 11.0 Å². The number of imidazole rings is 1. The number of fused-ring (bicyclic) bond motifs is 1. The number of hydrogen-bond acceptors (Lipinski definition) is 2. The van der Waals surface area contributed by atoms with Gasteiger partial charge in [0.25, 0.3) is 0 Å². The summed E-state index contributed by atoms with van der Waals surface area (Å²) in [5.41, 5.74) is 11.4. The van der Waals surface area contributed by atoms with Gasteiger partial charge in [0.15, 0.2) is 0 Å². The van der Waals surface area contributed by atoms with Gasteiger partial charge >= 0.3 is 0 Å². The lowest BCUT2D eigenvalue weighted by Crippen LogP contribution is -1.98. The molecule has 0 atom stereocenters. The zero-order chi connectivity index (χ0) is 14.1. The van der Waals surface area contributed by atoms with E-state index >= 15 is 0 Å². The predicted octanol–water partition coefficient (Wildman–Crippen LogP) is 3.49. The maximum Gasteiger partial charge on any atom is 0.141 e. The molecule has 0 saturated carbocycles. The van der Waals surface area contributed by atoms with Crippen molar-refractivity contribution in [3.8, 4) is 11.4 Å². The molecule has 0 fully saturated rings. The van der Waals surface area contributed by atoms with Crippen molar-refractivity contribution in [3.63, 3.8) is 0 Å². The standard InChI is InChI=1S/C17H19N3/c1-3-20-16-9-6-13(11-18)10-15(16)19-17(20)14-7-4-12(2)5-8-14/h4-10H,3,11,18H2,1-2H3. The fourth-order valence-electron chi connectivity index (χ4n) is 2.55. The smallest absolute Gasteiger partial charge is 0.141 e. The summed E-state index contributed by atoms with van der Waals surface area (Å²) in [4.78, 5) is 4.80. The van der Waals surface area contributed by atoms with Crippen molar-refractivity contribution in [2.75, 3.05) is 0 Å². The van der Waals surface area contributed by atoms with Crippen LogP contribution in [0.3, 0.4) is 0 Å². The average molecular weight is 265 g/mol. The van der Waals surface area contributed by atoms with E-state index in [9.17, 15) is 0 Å². The molecule has 3 heteroatoms. The van der Waals surface area contributed by atoms with Crippen LogP contribution in [0.4, 0.5) is 0 Å². The number of hydrogen-bond donors (Lipinski definition) is 1. The van der Waals surface area contributed by atoms with Crippen molar-refractivity contribution in [1.29, 1.82) is 0 Å². The van der Waals surface area contributed by atoms with Crippen LogP contribution in [0.25, 0.3) is 22.4 Å². The van der Waals surface area contributed by atoms with E-state index in [0.29, 0.717) is 6.54 Å². The molecule has 1 aromatic heterocycles. The summed E-state index contributed by atoms with van der Waals surface area (Å²) in [6.07, 6.45) is 0. The van der Waals surface area contributed by atoms with Gasteiger partial charge in [-0.05, 0) is 31.5 Å². The molecule has 0 radical (unpaired) electrons. The normalized spacial score (nSPS) is 11.2. The molecule has 0 amide bonds. The summed E-state index contributed by atoms with van der Waals surface area (Å²) in [5.74, 6) is 1.02. The lowest BCUT2D eigenvalue weighted by molar-refractivity contribution is 0.796. The fraction of sp³-hybridized carbons (Fsp3) is 0.235. The highest BCUT2D eigenvalue weighted by Gasteiger charge is 2.11. The Morgan fingerprint density at radius 1 is 1.10 bits per heavy atom. The van der Waals surface area contributed by atoms with Crippen molar-refractivity contribution in [2.45, 2.75) is 26.9 Å². The molecule has 2 aromatic carbocycles. The zero-order valence-electron chi connectivity index (χ0n) is 11.9.